The van der Waals surface area contributed by atoms with Crippen molar-refractivity contribution >= 4 is 0 Å². The third-order valence-electron chi connectivity index (χ3n) is 3.13. The van der Waals surface area contributed by atoms with Crippen molar-refractivity contribution in [2.45, 2.75) is 78.6 Å². The lowest BCUT2D eigenvalue weighted by Crippen LogP contribution is -1.84. The molecule has 15 heavy (non-hydrogen) atoms. The summed E-state index contributed by atoms with van der Waals surface area (Å²) in [4.78, 5) is 0. The number of hydrogen-bond acceptors (Lipinski definition) is 0. The maximum atomic E-state index is 3.97. The van der Waals surface area contributed by atoms with Gasteiger partial charge in [0.15, 0.2) is 0 Å². The van der Waals surface area contributed by atoms with E-state index in [1.54, 1.807) is 0 Å². The molecule has 0 spiro atoms. The van der Waals surface area contributed by atoms with Gasteiger partial charge in [-0.15, -0.1) is 0 Å². The first-order chi connectivity index (χ1) is 7.18. The maximum Gasteiger partial charge on any atom is -0.0283 e. The van der Waals surface area contributed by atoms with Gasteiger partial charge in [0.2, 0.25) is 0 Å². The molecule has 0 heteroatoms. The highest BCUT2D eigenvalue weighted by Gasteiger charge is 1.94. The van der Waals surface area contributed by atoms with Crippen LogP contribution in [0.1, 0.15) is 78.6 Å². The molecule has 0 amide bonds. The first-order valence-corrected chi connectivity index (χ1v) is 6.66. The minimum atomic E-state index is 1.25. The van der Waals surface area contributed by atoms with Crippen molar-refractivity contribution in [1.29, 1.82) is 0 Å². The van der Waals surface area contributed by atoms with E-state index >= 15 is 0 Å². The van der Waals surface area contributed by atoms with Crippen LogP contribution < -0.4 is 0 Å². The molecular formula is C15H29. The van der Waals surface area contributed by atoms with E-state index in [1.165, 1.54) is 68.9 Å². The molecule has 0 aliphatic rings. The van der Waals surface area contributed by atoms with Gasteiger partial charge in [-0.2, -0.15) is 0 Å². The minimum Gasteiger partial charge on any atom is -0.0744 e. The summed E-state index contributed by atoms with van der Waals surface area (Å²) in [6, 6.07) is 0. The standard InChI is InChI=1S/C15H29/c1-5-6-7-8-9-10-11-12-13-15(4)14(2)3/h2,5-13H2,1,3-4H3. The molecule has 0 saturated carbocycles. The summed E-state index contributed by atoms with van der Waals surface area (Å²) >= 11 is 0. The summed E-state index contributed by atoms with van der Waals surface area (Å²) in [7, 11) is 0. The zero-order valence-electron chi connectivity index (χ0n) is 11.1. The molecule has 89 valence electrons. The van der Waals surface area contributed by atoms with Crippen molar-refractivity contribution in [2.75, 3.05) is 0 Å². The van der Waals surface area contributed by atoms with E-state index < -0.39 is 0 Å². The number of hydrogen-bond donors (Lipinski definition) is 0. The molecule has 0 aromatic rings. The zero-order valence-corrected chi connectivity index (χ0v) is 11.1. The van der Waals surface area contributed by atoms with Gasteiger partial charge in [0.05, 0.1) is 0 Å². The first kappa shape index (κ1) is 14.7. The predicted molar refractivity (Wildman–Crippen MR) is 71.0 cm³/mol. The molecule has 0 atom stereocenters. The van der Waals surface area contributed by atoms with Gasteiger partial charge in [0, 0.05) is 0 Å². The van der Waals surface area contributed by atoms with Crippen LogP contribution in [0.4, 0.5) is 0 Å². The van der Waals surface area contributed by atoms with Gasteiger partial charge in [0.1, 0.15) is 0 Å². The lowest BCUT2D eigenvalue weighted by atomic mass is 10.0. The molecule has 0 nitrogen and oxygen atoms in total. The second-order valence-electron chi connectivity index (χ2n) is 4.79. The van der Waals surface area contributed by atoms with Gasteiger partial charge in [-0.25, -0.2) is 0 Å². The van der Waals surface area contributed by atoms with Crippen LogP contribution in [0.25, 0.3) is 0 Å². The van der Waals surface area contributed by atoms with Crippen molar-refractivity contribution in [3.05, 3.63) is 18.1 Å². The average molecular weight is 209 g/mol. The summed E-state index contributed by atoms with van der Waals surface area (Å²) in [6.45, 7) is 10.6. The van der Waals surface area contributed by atoms with Crippen molar-refractivity contribution in [3.8, 4) is 0 Å². The maximum absolute atomic E-state index is 3.97. The molecule has 0 aliphatic carbocycles. The van der Waals surface area contributed by atoms with Gasteiger partial charge < -0.3 is 0 Å². The molecule has 0 aliphatic heterocycles. The highest BCUT2D eigenvalue weighted by molar-refractivity contribution is 5.11. The molecular weight excluding hydrogens is 180 g/mol. The molecule has 1 radical (unpaired) electrons. The smallest absolute Gasteiger partial charge is 0.0283 e. The minimum absolute atomic E-state index is 1.25. The van der Waals surface area contributed by atoms with Crippen LogP contribution in [0.3, 0.4) is 0 Å². The second-order valence-corrected chi connectivity index (χ2v) is 4.79. The normalized spacial score (nSPS) is 12.8. The van der Waals surface area contributed by atoms with E-state index in [-0.39, 0.29) is 0 Å². The lowest BCUT2D eigenvalue weighted by Gasteiger charge is -2.04. The van der Waals surface area contributed by atoms with Gasteiger partial charge in [0.25, 0.3) is 0 Å². The predicted octanol–water partition coefficient (Wildman–Crippen LogP) is 5.69. The zero-order chi connectivity index (χ0) is 11.5. The first-order valence-electron chi connectivity index (χ1n) is 6.66. The monoisotopic (exact) mass is 209 g/mol. The van der Waals surface area contributed by atoms with Crippen LogP contribution in [-0.4, -0.2) is 0 Å². The topological polar surface area (TPSA) is 0 Å². The van der Waals surface area contributed by atoms with Gasteiger partial charge in [-0.3, -0.25) is 0 Å². The number of allylic oxidation sites excluding steroid dienone is 2. The van der Waals surface area contributed by atoms with Crippen LogP contribution in [0.2, 0.25) is 0 Å². The van der Waals surface area contributed by atoms with Crippen LogP contribution >= 0.6 is 0 Å². The Bertz CT molecular complexity index is 161. The summed E-state index contributed by atoms with van der Waals surface area (Å²) in [5, 5.41) is 0. The number of rotatable bonds is 9. The molecule has 0 fully saturated rings. The second kappa shape index (κ2) is 10.3. The fourth-order valence-corrected chi connectivity index (χ4v) is 1.74. The van der Waals surface area contributed by atoms with Crippen molar-refractivity contribution in [3.63, 3.8) is 0 Å². The van der Waals surface area contributed by atoms with Crippen LogP contribution in [-0.2, 0) is 0 Å². The third-order valence-corrected chi connectivity index (χ3v) is 3.13. The SMILES string of the molecule is [CH2]C(C)=C(C)CCCCCCCCCC. The molecule has 0 aromatic heterocycles. The molecule has 0 unspecified atom stereocenters. The Hall–Kier alpha value is -0.260. The summed E-state index contributed by atoms with van der Waals surface area (Å²) < 4.78 is 0. The van der Waals surface area contributed by atoms with E-state index in [0.29, 0.717) is 0 Å². The molecule has 0 rings (SSSR count). The van der Waals surface area contributed by atoms with Gasteiger partial charge in [-0.05, 0) is 33.6 Å². The van der Waals surface area contributed by atoms with Crippen LogP contribution in [0.15, 0.2) is 11.1 Å². The summed E-state index contributed by atoms with van der Waals surface area (Å²) in [6.07, 6.45) is 12.5. The molecule has 0 aromatic carbocycles. The van der Waals surface area contributed by atoms with E-state index in [4.69, 9.17) is 0 Å². The van der Waals surface area contributed by atoms with Crippen LogP contribution in [0.5, 0.6) is 0 Å². The van der Waals surface area contributed by atoms with Gasteiger partial charge in [-0.1, -0.05) is 63.0 Å². The fourth-order valence-electron chi connectivity index (χ4n) is 1.74. The summed E-state index contributed by atoms with van der Waals surface area (Å²) in [5.74, 6) is 0. The summed E-state index contributed by atoms with van der Waals surface area (Å²) in [5.41, 5.74) is 2.75. The fraction of sp³-hybridized carbons (Fsp3) is 0.800. The molecule has 0 N–H and O–H groups in total. The Morgan fingerprint density at radius 3 is 1.73 bits per heavy atom. The quantitative estimate of drug-likeness (QED) is 0.428. The Balaban J connectivity index is 3.15. The van der Waals surface area contributed by atoms with Crippen molar-refractivity contribution in [2.24, 2.45) is 0 Å². The van der Waals surface area contributed by atoms with E-state index in [0.717, 1.165) is 0 Å². The molecule has 0 saturated heterocycles. The molecule has 0 bridgehead atoms. The Morgan fingerprint density at radius 1 is 0.800 bits per heavy atom. The third kappa shape index (κ3) is 10.0. The van der Waals surface area contributed by atoms with Crippen molar-refractivity contribution < 1.29 is 0 Å². The lowest BCUT2D eigenvalue weighted by molar-refractivity contribution is 0.574. The largest absolute Gasteiger partial charge is 0.0744 e. The molecule has 0 heterocycles. The Labute approximate surface area is 97.2 Å². The average Bonchev–Trinajstić information content (AvgIpc) is 2.21. The van der Waals surface area contributed by atoms with Gasteiger partial charge >= 0.3 is 0 Å². The van der Waals surface area contributed by atoms with E-state index in [1.807, 2.05) is 0 Å². The van der Waals surface area contributed by atoms with E-state index in [9.17, 15) is 0 Å². The van der Waals surface area contributed by atoms with Crippen molar-refractivity contribution in [1.82, 2.24) is 0 Å². The number of unbranched alkanes of at least 4 members (excludes halogenated alkanes) is 7. The highest BCUT2D eigenvalue weighted by atomic mass is 14.0. The van der Waals surface area contributed by atoms with E-state index in [2.05, 4.69) is 27.7 Å². The Kier molecular flexibility index (Phi) is 10.1. The Morgan fingerprint density at radius 2 is 1.27 bits per heavy atom. The van der Waals surface area contributed by atoms with Crippen LogP contribution in [0, 0.1) is 6.92 Å². The highest BCUT2D eigenvalue weighted by Crippen LogP contribution is 2.14.